The highest BCUT2D eigenvalue weighted by Crippen LogP contribution is 2.26. The zero-order chi connectivity index (χ0) is 13.1. The summed E-state index contributed by atoms with van der Waals surface area (Å²) in [6.45, 7) is 4.00. The van der Waals surface area contributed by atoms with Crippen molar-refractivity contribution in [2.24, 2.45) is 0 Å². The minimum Gasteiger partial charge on any atom is -0.456 e. The van der Waals surface area contributed by atoms with Crippen LogP contribution in [0.15, 0.2) is 46.9 Å². The van der Waals surface area contributed by atoms with Crippen molar-refractivity contribution < 1.29 is 14.5 Å². The fourth-order valence-electron chi connectivity index (χ4n) is 1.97. The highest BCUT2D eigenvalue weighted by Gasteiger charge is 2.18. The molecule has 0 aliphatic rings. The largest absolute Gasteiger partial charge is 0.492 e. The van der Waals surface area contributed by atoms with Crippen molar-refractivity contribution in [1.29, 1.82) is 0 Å². The van der Waals surface area contributed by atoms with Gasteiger partial charge in [0.2, 0.25) is 0 Å². The lowest BCUT2D eigenvalue weighted by Gasteiger charge is -1.98. The van der Waals surface area contributed by atoms with Gasteiger partial charge in [0.25, 0.3) is 0 Å². The van der Waals surface area contributed by atoms with E-state index in [4.69, 9.17) is 4.42 Å². The van der Waals surface area contributed by atoms with Gasteiger partial charge in [0.15, 0.2) is 0 Å². The van der Waals surface area contributed by atoms with Gasteiger partial charge in [0.05, 0.1) is 0 Å². The van der Waals surface area contributed by atoms with Gasteiger partial charge in [-0.15, -0.1) is 0 Å². The van der Waals surface area contributed by atoms with Crippen LogP contribution in [0.3, 0.4) is 0 Å². The molecule has 18 heavy (non-hydrogen) atoms. The summed E-state index contributed by atoms with van der Waals surface area (Å²) in [6.07, 6.45) is 0. The molecule has 0 amide bonds. The third-order valence-electron chi connectivity index (χ3n) is 2.71. The van der Waals surface area contributed by atoms with Crippen LogP contribution in [0.5, 0.6) is 0 Å². The van der Waals surface area contributed by atoms with E-state index in [1.165, 1.54) is 0 Å². The highest BCUT2D eigenvalue weighted by molar-refractivity contribution is 6.61. The zero-order valence-corrected chi connectivity index (χ0v) is 10.4. The summed E-state index contributed by atoms with van der Waals surface area (Å²) in [5, 5.41) is 20.4. The lowest BCUT2D eigenvalue weighted by Crippen LogP contribution is -2.29. The SMILES string of the molecule is CC.OB(O)c1cccc2c1oc1ccccc12. The second kappa shape index (κ2) is 5.25. The maximum absolute atomic E-state index is 9.24. The molecule has 2 aromatic carbocycles. The van der Waals surface area contributed by atoms with Crippen LogP contribution in [0, 0.1) is 0 Å². The fourth-order valence-corrected chi connectivity index (χ4v) is 1.97. The Bertz CT molecular complexity index is 658. The van der Waals surface area contributed by atoms with E-state index in [0.29, 0.717) is 11.0 Å². The normalized spacial score (nSPS) is 10.2. The molecular formula is C14H15BO3. The number of hydrogen-bond acceptors (Lipinski definition) is 3. The molecule has 4 heteroatoms. The summed E-state index contributed by atoms with van der Waals surface area (Å²) in [5.41, 5.74) is 1.69. The molecular weight excluding hydrogens is 227 g/mol. The topological polar surface area (TPSA) is 53.6 Å². The van der Waals surface area contributed by atoms with Gasteiger partial charge in [-0.1, -0.05) is 50.2 Å². The summed E-state index contributed by atoms with van der Waals surface area (Å²) < 4.78 is 5.62. The van der Waals surface area contributed by atoms with Crippen molar-refractivity contribution in [3.05, 3.63) is 42.5 Å². The second-order valence-corrected chi connectivity index (χ2v) is 3.70. The number of benzene rings is 2. The Balaban J connectivity index is 0.000000574. The molecule has 2 N–H and O–H groups in total. The number of para-hydroxylation sites is 2. The van der Waals surface area contributed by atoms with E-state index in [1.807, 2.05) is 44.2 Å². The highest BCUT2D eigenvalue weighted by atomic mass is 16.4. The monoisotopic (exact) mass is 242 g/mol. The van der Waals surface area contributed by atoms with E-state index in [-0.39, 0.29) is 0 Å². The molecule has 0 spiro atoms. The average Bonchev–Trinajstić information content (AvgIpc) is 2.79. The first-order chi connectivity index (χ1) is 8.77. The summed E-state index contributed by atoms with van der Waals surface area (Å²) >= 11 is 0. The maximum Gasteiger partial charge on any atom is 0.492 e. The van der Waals surface area contributed by atoms with Gasteiger partial charge in [-0.25, -0.2) is 0 Å². The first kappa shape index (κ1) is 12.7. The minimum absolute atomic E-state index is 0.397. The van der Waals surface area contributed by atoms with Crippen LogP contribution in [0.25, 0.3) is 21.9 Å². The van der Waals surface area contributed by atoms with Crippen molar-refractivity contribution in [2.75, 3.05) is 0 Å². The molecule has 3 aromatic rings. The molecule has 0 fully saturated rings. The summed E-state index contributed by atoms with van der Waals surface area (Å²) in [5.74, 6) is 0. The number of fused-ring (bicyclic) bond motifs is 3. The molecule has 0 atom stereocenters. The van der Waals surface area contributed by atoms with Crippen molar-refractivity contribution in [3.63, 3.8) is 0 Å². The summed E-state index contributed by atoms with van der Waals surface area (Å²) in [7, 11) is -1.51. The lowest BCUT2D eigenvalue weighted by molar-refractivity contribution is 0.425. The Kier molecular flexibility index (Phi) is 3.70. The molecule has 0 aliphatic heterocycles. The van der Waals surface area contributed by atoms with Crippen molar-refractivity contribution in [2.45, 2.75) is 13.8 Å². The van der Waals surface area contributed by atoms with Crippen LogP contribution in [0.4, 0.5) is 0 Å². The molecule has 0 radical (unpaired) electrons. The molecule has 0 saturated heterocycles. The maximum atomic E-state index is 9.24. The first-order valence-electron chi connectivity index (χ1n) is 6.03. The van der Waals surface area contributed by atoms with E-state index in [1.54, 1.807) is 12.1 Å². The Labute approximate surface area is 106 Å². The van der Waals surface area contributed by atoms with Gasteiger partial charge in [-0.05, 0) is 6.07 Å². The Morgan fingerprint density at radius 2 is 1.56 bits per heavy atom. The van der Waals surface area contributed by atoms with Gasteiger partial charge in [-0.2, -0.15) is 0 Å². The van der Waals surface area contributed by atoms with E-state index in [2.05, 4.69) is 0 Å². The predicted molar refractivity (Wildman–Crippen MR) is 74.9 cm³/mol. The van der Waals surface area contributed by atoms with Crippen LogP contribution in [0.2, 0.25) is 0 Å². The second-order valence-electron chi connectivity index (χ2n) is 3.70. The van der Waals surface area contributed by atoms with Crippen LogP contribution in [0.1, 0.15) is 13.8 Å². The van der Waals surface area contributed by atoms with Crippen LogP contribution in [-0.2, 0) is 0 Å². The van der Waals surface area contributed by atoms with Crippen molar-refractivity contribution >= 4 is 34.5 Å². The van der Waals surface area contributed by atoms with Gasteiger partial charge >= 0.3 is 7.12 Å². The Morgan fingerprint density at radius 3 is 2.28 bits per heavy atom. The molecule has 0 aliphatic carbocycles. The third-order valence-corrected chi connectivity index (χ3v) is 2.71. The average molecular weight is 242 g/mol. The van der Waals surface area contributed by atoms with Crippen LogP contribution >= 0.6 is 0 Å². The number of rotatable bonds is 1. The lowest BCUT2D eigenvalue weighted by atomic mass is 9.79. The quantitative estimate of drug-likeness (QED) is 0.643. The standard InChI is InChI=1S/C12H9BO3.C2H6/c14-13(15)10-6-3-5-9-8-4-1-2-7-11(8)16-12(9)10;1-2/h1-7,14-15H;1-2H3. The van der Waals surface area contributed by atoms with Gasteiger partial charge in [-0.3, -0.25) is 0 Å². The molecule has 0 unspecified atom stereocenters. The number of hydrogen-bond donors (Lipinski definition) is 2. The summed E-state index contributed by atoms with van der Waals surface area (Å²) in [4.78, 5) is 0. The van der Waals surface area contributed by atoms with Gasteiger partial charge in [0.1, 0.15) is 11.2 Å². The molecule has 1 aromatic heterocycles. The molecule has 3 nitrogen and oxygen atoms in total. The van der Waals surface area contributed by atoms with E-state index < -0.39 is 7.12 Å². The first-order valence-corrected chi connectivity index (χ1v) is 6.03. The summed E-state index contributed by atoms with van der Waals surface area (Å²) in [6, 6.07) is 13.0. The van der Waals surface area contributed by atoms with E-state index in [9.17, 15) is 10.0 Å². The molecule has 3 rings (SSSR count). The van der Waals surface area contributed by atoms with Crippen LogP contribution in [-0.4, -0.2) is 17.2 Å². The third kappa shape index (κ3) is 2.01. The predicted octanol–water partition coefficient (Wildman–Crippen LogP) is 2.29. The van der Waals surface area contributed by atoms with Crippen LogP contribution < -0.4 is 5.46 Å². The van der Waals surface area contributed by atoms with Gasteiger partial charge in [0, 0.05) is 16.2 Å². The molecule has 92 valence electrons. The van der Waals surface area contributed by atoms with E-state index >= 15 is 0 Å². The van der Waals surface area contributed by atoms with Crippen molar-refractivity contribution in [1.82, 2.24) is 0 Å². The van der Waals surface area contributed by atoms with Crippen molar-refractivity contribution in [3.8, 4) is 0 Å². The smallest absolute Gasteiger partial charge is 0.456 e. The minimum atomic E-state index is -1.51. The molecule has 0 saturated carbocycles. The fraction of sp³-hybridized carbons (Fsp3) is 0.143. The molecule has 0 bridgehead atoms. The Hall–Kier alpha value is -1.78. The molecule has 1 heterocycles. The number of furan rings is 1. The Morgan fingerprint density at radius 1 is 0.889 bits per heavy atom. The zero-order valence-electron chi connectivity index (χ0n) is 10.4. The van der Waals surface area contributed by atoms with E-state index in [0.717, 1.165) is 16.4 Å². The van der Waals surface area contributed by atoms with Gasteiger partial charge < -0.3 is 14.5 Å².